The maximum Gasteiger partial charge on any atom is 0.132 e. The van der Waals surface area contributed by atoms with E-state index in [-0.39, 0.29) is 0 Å². The Balaban J connectivity index is 2.87. The van der Waals surface area contributed by atoms with Gasteiger partial charge in [-0.1, -0.05) is 13.8 Å². The normalized spacial score (nSPS) is 10.8. The molecule has 0 unspecified atom stereocenters. The van der Waals surface area contributed by atoms with Gasteiger partial charge in [-0.05, 0) is 22.0 Å². The van der Waals surface area contributed by atoms with Crippen molar-refractivity contribution in [3.8, 4) is 0 Å². The molecule has 0 aliphatic rings. The summed E-state index contributed by atoms with van der Waals surface area (Å²) in [5, 5.41) is 3.40. The second-order valence-corrected chi connectivity index (χ2v) is 4.98. The fraction of sp³-hybridized carbons (Fsp3) is 0.545. The van der Waals surface area contributed by atoms with Crippen LogP contribution in [0.15, 0.2) is 16.7 Å². The summed E-state index contributed by atoms with van der Waals surface area (Å²) in [6.07, 6.45) is 1.83. The number of aromatic nitrogens is 1. The first-order valence-electron chi connectivity index (χ1n) is 5.06. The minimum absolute atomic E-state index is 0.485. The number of anilines is 1. The zero-order valence-electron chi connectivity index (χ0n) is 9.71. The molecule has 4 heteroatoms. The molecule has 0 bridgehead atoms. The van der Waals surface area contributed by atoms with Gasteiger partial charge in [0.15, 0.2) is 0 Å². The molecule has 0 radical (unpaired) electrons. The zero-order chi connectivity index (χ0) is 11.4. The lowest BCUT2D eigenvalue weighted by molar-refractivity contribution is 0.587. The Morgan fingerprint density at radius 2 is 2.13 bits per heavy atom. The third-order valence-electron chi connectivity index (χ3n) is 2.03. The number of nitrogens with zero attached hydrogens (tertiary/aromatic N) is 2. The van der Waals surface area contributed by atoms with E-state index in [1.165, 1.54) is 5.56 Å². The lowest BCUT2D eigenvalue weighted by Crippen LogP contribution is -2.24. The Kier molecular flexibility index (Phi) is 4.54. The molecule has 0 atom stereocenters. The first-order valence-corrected chi connectivity index (χ1v) is 5.85. The lowest BCUT2D eigenvalue weighted by atomic mass is 10.2. The van der Waals surface area contributed by atoms with Crippen molar-refractivity contribution in [1.82, 2.24) is 10.3 Å². The summed E-state index contributed by atoms with van der Waals surface area (Å²) in [6, 6.07) is 2.59. The van der Waals surface area contributed by atoms with Gasteiger partial charge in [-0.3, -0.25) is 0 Å². The first-order chi connectivity index (χ1) is 7.00. The van der Waals surface area contributed by atoms with Crippen molar-refractivity contribution in [1.29, 1.82) is 0 Å². The highest BCUT2D eigenvalue weighted by Crippen LogP contribution is 2.19. The topological polar surface area (TPSA) is 28.2 Å². The van der Waals surface area contributed by atoms with Crippen LogP contribution in [0.4, 0.5) is 5.82 Å². The smallest absolute Gasteiger partial charge is 0.132 e. The van der Waals surface area contributed by atoms with Gasteiger partial charge in [0, 0.05) is 42.9 Å². The van der Waals surface area contributed by atoms with Crippen LogP contribution in [0, 0.1) is 0 Å². The van der Waals surface area contributed by atoms with E-state index in [0.29, 0.717) is 6.04 Å². The van der Waals surface area contributed by atoms with Gasteiger partial charge >= 0.3 is 0 Å². The number of hydrogen-bond acceptors (Lipinski definition) is 3. The van der Waals surface area contributed by atoms with Crippen LogP contribution >= 0.6 is 15.9 Å². The number of rotatable bonds is 4. The average molecular weight is 272 g/mol. The quantitative estimate of drug-likeness (QED) is 0.912. The molecule has 1 aromatic heterocycles. The predicted octanol–water partition coefficient (Wildman–Crippen LogP) is 2.41. The lowest BCUT2D eigenvalue weighted by Gasteiger charge is -2.17. The van der Waals surface area contributed by atoms with Crippen molar-refractivity contribution in [2.75, 3.05) is 19.0 Å². The van der Waals surface area contributed by atoms with E-state index in [9.17, 15) is 0 Å². The second-order valence-electron chi connectivity index (χ2n) is 4.07. The van der Waals surface area contributed by atoms with E-state index in [0.717, 1.165) is 16.8 Å². The molecule has 0 aliphatic heterocycles. The highest BCUT2D eigenvalue weighted by atomic mass is 79.9. The third-order valence-corrected chi connectivity index (χ3v) is 2.47. The molecule has 15 heavy (non-hydrogen) atoms. The number of nitrogens with one attached hydrogen (secondary N) is 1. The minimum Gasteiger partial charge on any atom is -0.362 e. The van der Waals surface area contributed by atoms with E-state index in [1.54, 1.807) is 0 Å². The zero-order valence-corrected chi connectivity index (χ0v) is 11.3. The molecule has 1 heterocycles. The van der Waals surface area contributed by atoms with Crippen molar-refractivity contribution < 1.29 is 0 Å². The van der Waals surface area contributed by atoms with Crippen molar-refractivity contribution in [3.63, 3.8) is 0 Å². The van der Waals surface area contributed by atoms with Crippen molar-refractivity contribution in [2.24, 2.45) is 0 Å². The second kappa shape index (κ2) is 5.47. The van der Waals surface area contributed by atoms with Gasteiger partial charge in [0.05, 0.1) is 0 Å². The molecule has 0 saturated carbocycles. The average Bonchev–Trinajstić information content (AvgIpc) is 2.14. The molecule has 0 fully saturated rings. The van der Waals surface area contributed by atoms with Crippen LogP contribution < -0.4 is 10.2 Å². The Labute approximate surface area is 100 Å². The monoisotopic (exact) mass is 271 g/mol. The molecule has 1 N–H and O–H groups in total. The van der Waals surface area contributed by atoms with Crippen molar-refractivity contribution in [3.05, 3.63) is 22.3 Å². The molecule has 1 rings (SSSR count). The van der Waals surface area contributed by atoms with Gasteiger partial charge in [0.2, 0.25) is 0 Å². The van der Waals surface area contributed by atoms with Gasteiger partial charge < -0.3 is 10.2 Å². The summed E-state index contributed by atoms with van der Waals surface area (Å²) in [5.41, 5.74) is 1.21. The Hall–Kier alpha value is -0.610. The summed E-state index contributed by atoms with van der Waals surface area (Å²) in [5.74, 6) is 1.02. The molecule has 3 nitrogen and oxygen atoms in total. The summed E-state index contributed by atoms with van der Waals surface area (Å²) >= 11 is 3.44. The van der Waals surface area contributed by atoms with Crippen LogP contribution in [0.5, 0.6) is 0 Å². The van der Waals surface area contributed by atoms with Crippen LogP contribution in [0.2, 0.25) is 0 Å². The fourth-order valence-electron chi connectivity index (χ4n) is 1.32. The molecule has 0 amide bonds. The van der Waals surface area contributed by atoms with E-state index in [2.05, 4.69) is 46.1 Å². The van der Waals surface area contributed by atoms with Crippen LogP contribution in [0.25, 0.3) is 0 Å². The SMILES string of the molecule is CC(C)NCc1cc(Br)cnc1N(C)C. The van der Waals surface area contributed by atoms with Crippen LogP contribution in [-0.4, -0.2) is 25.1 Å². The van der Waals surface area contributed by atoms with E-state index >= 15 is 0 Å². The van der Waals surface area contributed by atoms with E-state index in [4.69, 9.17) is 0 Å². The minimum atomic E-state index is 0.485. The first kappa shape index (κ1) is 12.5. The van der Waals surface area contributed by atoms with Crippen molar-refractivity contribution in [2.45, 2.75) is 26.4 Å². The molecule has 0 saturated heterocycles. The predicted molar refractivity (Wildman–Crippen MR) is 68.2 cm³/mol. The summed E-state index contributed by atoms with van der Waals surface area (Å²) in [4.78, 5) is 6.43. The van der Waals surface area contributed by atoms with Crippen LogP contribution in [0.3, 0.4) is 0 Å². The molecule has 1 aromatic rings. The van der Waals surface area contributed by atoms with Gasteiger partial charge in [-0.15, -0.1) is 0 Å². The summed E-state index contributed by atoms with van der Waals surface area (Å²) < 4.78 is 1.02. The molecule has 0 spiro atoms. The third kappa shape index (κ3) is 3.80. The molecule has 84 valence electrons. The highest BCUT2D eigenvalue weighted by molar-refractivity contribution is 9.10. The van der Waals surface area contributed by atoms with Crippen LogP contribution in [0.1, 0.15) is 19.4 Å². The van der Waals surface area contributed by atoms with E-state index < -0.39 is 0 Å². The largest absolute Gasteiger partial charge is 0.362 e. The number of halogens is 1. The standard InChI is InChI=1S/C11H18BrN3/c1-8(2)13-6-9-5-10(12)7-14-11(9)15(3)4/h5,7-8,13H,6H2,1-4H3. The summed E-state index contributed by atoms with van der Waals surface area (Å²) in [6.45, 7) is 5.12. The number of pyridine rings is 1. The molecule has 0 aromatic carbocycles. The Bertz CT molecular complexity index is 324. The molecule has 0 aliphatic carbocycles. The summed E-state index contributed by atoms with van der Waals surface area (Å²) in [7, 11) is 4.02. The van der Waals surface area contributed by atoms with Crippen LogP contribution in [-0.2, 0) is 6.54 Å². The van der Waals surface area contributed by atoms with Gasteiger partial charge in [-0.25, -0.2) is 4.98 Å². The fourth-order valence-corrected chi connectivity index (χ4v) is 1.70. The van der Waals surface area contributed by atoms with Gasteiger partial charge in [0.25, 0.3) is 0 Å². The Morgan fingerprint density at radius 1 is 1.47 bits per heavy atom. The number of hydrogen-bond donors (Lipinski definition) is 1. The van der Waals surface area contributed by atoms with Crippen molar-refractivity contribution >= 4 is 21.7 Å². The molecular formula is C11H18BrN3. The van der Waals surface area contributed by atoms with Gasteiger partial charge in [-0.2, -0.15) is 0 Å². The van der Waals surface area contributed by atoms with E-state index in [1.807, 2.05) is 25.2 Å². The maximum atomic E-state index is 4.39. The Morgan fingerprint density at radius 3 is 2.67 bits per heavy atom. The molecular weight excluding hydrogens is 254 g/mol. The maximum absolute atomic E-state index is 4.39. The highest BCUT2D eigenvalue weighted by Gasteiger charge is 2.07. The van der Waals surface area contributed by atoms with Gasteiger partial charge in [0.1, 0.15) is 5.82 Å².